The second-order valence-corrected chi connectivity index (χ2v) is 10.1. The van der Waals surface area contributed by atoms with Crippen LogP contribution in [0.15, 0.2) is 54.6 Å². The van der Waals surface area contributed by atoms with Gasteiger partial charge in [-0.05, 0) is 92.1 Å². The molecule has 1 aliphatic heterocycles. The lowest BCUT2D eigenvalue weighted by Crippen LogP contribution is -2.38. The Morgan fingerprint density at radius 2 is 1.80 bits per heavy atom. The van der Waals surface area contributed by atoms with Gasteiger partial charge in [-0.15, -0.1) is 0 Å². The van der Waals surface area contributed by atoms with Gasteiger partial charge in [0.2, 0.25) is 0 Å². The molecular formula is C29H34N2O4. The molecule has 3 aromatic rings. The van der Waals surface area contributed by atoms with E-state index in [9.17, 15) is 14.7 Å². The van der Waals surface area contributed by atoms with E-state index in [4.69, 9.17) is 4.74 Å². The van der Waals surface area contributed by atoms with Gasteiger partial charge in [0.1, 0.15) is 5.75 Å². The number of carboxylic acids is 1. The number of hydrogen-bond acceptors (Lipinski definition) is 3. The molecule has 0 aromatic heterocycles. The number of carbonyl (C=O) groups is 2. The normalized spacial score (nSPS) is 15.9. The standard InChI is InChI=1S/C29H34N2O4/c1-19-15-22-9-5-6-10-23(22)16-24(19)17-31-18-25(30-28(31)34)11-7-8-21-12-13-26(20(2)14-21)35-29(3,4)27(32)33/h5-6,9-10,12-16,25H,7-8,11,17-18H2,1-4H3,(H,30,34)(H,32,33). The summed E-state index contributed by atoms with van der Waals surface area (Å²) in [5.74, 6) is -0.409. The Morgan fingerprint density at radius 3 is 2.49 bits per heavy atom. The summed E-state index contributed by atoms with van der Waals surface area (Å²) < 4.78 is 5.69. The molecule has 1 heterocycles. The van der Waals surface area contributed by atoms with Crippen LogP contribution < -0.4 is 10.1 Å². The molecular weight excluding hydrogens is 440 g/mol. The summed E-state index contributed by atoms with van der Waals surface area (Å²) in [6.07, 6.45) is 2.75. The molecule has 1 atom stereocenters. The second kappa shape index (κ2) is 9.98. The summed E-state index contributed by atoms with van der Waals surface area (Å²) in [4.78, 5) is 25.8. The van der Waals surface area contributed by atoms with Crippen molar-refractivity contribution in [3.05, 3.63) is 76.9 Å². The van der Waals surface area contributed by atoms with Crippen LogP contribution >= 0.6 is 0 Å². The van der Waals surface area contributed by atoms with E-state index in [-0.39, 0.29) is 12.1 Å². The third-order valence-electron chi connectivity index (χ3n) is 6.76. The predicted octanol–water partition coefficient (Wildman–Crippen LogP) is 5.62. The van der Waals surface area contributed by atoms with Crippen LogP contribution in [0.4, 0.5) is 4.79 Å². The third-order valence-corrected chi connectivity index (χ3v) is 6.76. The van der Waals surface area contributed by atoms with Crippen LogP contribution in [0.5, 0.6) is 5.75 Å². The Balaban J connectivity index is 1.30. The second-order valence-electron chi connectivity index (χ2n) is 10.1. The third kappa shape index (κ3) is 5.76. The average molecular weight is 475 g/mol. The van der Waals surface area contributed by atoms with E-state index in [0.29, 0.717) is 18.8 Å². The molecule has 184 valence electrons. The van der Waals surface area contributed by atoms with Crippen LogP contribution in [0.25, 0.3) is 10.8 Å². The maximum atomic E-state index is 12.6. The topological polar surface area (TPSA) is 78.9 Å². The van der Waals surface area contributed by atoms with Crippen molar-refractivity contribution in [3.63, 3.8) is 0 Å². The molecule has 6 nitrogen and oxygen atoms in total. The number of ether oxygens (including phenoxy) is 1. The fourth-order valence-corrected chi connectivity index (χ4v) is 4.59. The number of carbonyl (C=O) groups excluding carboxylic acids is 1. The fourth-order valence-electron chi connectivity index (χ4n) is 4.59. The summed E-state index contributed by atoms with van der Waals surface area (Å²) in [6.45, 7) is 8.45. The zero-order valence-corrected chi connectivity index (χ0v) is 20.9. The molecule has 35 heavy (non-hydrogen) atoms. The summed E-state index contributed by atoms with van der Waals surface area (Å²) >= 11 is 0. The highest BCUT2D eigenvalue weighted by Gasteiger charge is 2.30. The van der Waals surface area contributed by atoms with Crippen molar-refractivity contribution in [1.29, 1.82) is 0 Å². The lowest BCUT2D eigenvalue weighted by atomic mass is 10.0. The Hall–Kier alpha value is -3.54. The molecule has 0 bridgehead atoms. The summed E-state index contributed by atoms with van der Waals surface area (Å²) in [5, 5.41) is 14.8. The van der Waals surface area contributed by atoms with Crippen molar-refractivity contribution in [2.45, 2.75) is 65.1 Å². The number of urea groups is 1. The number of amides is 2. The van der Waals surface area contributed by atoms with Crippen LogP contribution in [-0.4, -0.2) is 40.2 Å². The van der Waals surface area contributed by atoms with E-state index in [2.05, 4.69) is 42.6 Å². The SMILES string of the molecule is Cc1cc2ccccc2cc1CN1CC(CCCc2ccc(OC(C)(C)C(=O)O)c(C)c2)NC1=O. The van der Waals surface area contributed by atoms with Crippen LogP contribution in [0.1, 0.15) is 48.9 Å². The zero-order valence-electron chi connectivity index (χ0n) is 20.9. The van der Waals surface area contributed by atoms with Crippen molar-refractivity contribution < 1.29 is 19.4 Å². The maximum absolute atomic E-state index is 12.6. The van der Waals surface area contributed by atoms with E-state index < -0.39 is 11.6 Å². The molecule has 1 unspecified atom stereocenters. The molecule has 0 saturated carbocycles. The Morgan fingerprint density at radius 1 is 1.09 bits per heavy atom. The minimum Gasteiger partial charge on any atom is -0.478 e. The van der Waals surface area contributed by atoms with Gasteiger partial charge in [-0.2, -0.15) is 0 Å². The Bertz CT molecular complexity index is 1250. The van der Waals surface area contributed by atoms with Gasteiger partial charge >= 0.3 is 12.0 Å². The number of aryl methyl sites for hydroxylation is 3. The molecule has 0 spiro atoms. The first-order valence-corrected chi connectivity index (χ1v) is 12.2. The van der Waals surface area contributed by atoms with Crippen molar-refractivity contribution in [2.75, 3.05) is 6.54 Å². The number of nitrogens with one attached hydrogen (secondary N) is 1. The van der Waals surface area contributed by atoms with Gasteiger partial charge in [0.25, 0.3) is 0 Å². The molecule has 6 heteroatoms. The van der Waals surface area contributed by atoms with Gasteiger partial charge in [0.05, 0.1) is 0 Å². The Kier molecular flexibility index (Phi) is 7.01. The fraction of sp³-hybridized carbons (Fsp3) is 0.379. The monoisotopic (exact) mass is 474 g/mol. The van der Waals surface area contributed by atoms with Crippen LogP contribution in [-0.2, 0) is 17.8 Å². The smallest absolute Gasteiger partial charge is 0.347 e. The lowest BCUT2D eigenvalue weighted by Gasteiger charge is -2.23. The lowest BCUT2D eigenvalue weighted by molar-refractivity contribution is -0.152. The van der Waals surface area contributed by atoms with Crippen molar-refractivity contribution in [1.82, 2.24) is 10.2 Å². The average Bonchev–Trinajstić information content (AvgIpc) is 3.14. The van der Waals surface area contributed by atoms with Gasteiger partial charge in [-0.25, -0.2) is 9.59 Å². The number of aliphatic carboxylic acids is 1. The predicted molar refractivity (Wildman–Crippen MR) is 138 cm³/mol. The number of hydrogen-bond donors (Lipinski definition) is 2. The first-order valence-electron chi connectivity index (χ1n) is 12.2. The quantitative estimate of drug-likeness (QED) is 0.422. The van der Waals surface area contributed by atoms with Gasteiger partial charge in [-0.3, -0.25) is 0 Å². The molecule has 0 radical (unpaired) electrons. The molecule has 1 aliphatic rings. The zero-order chi connectivity index (χ0) is 25.2. The minimum atomic E-state index is -1.27. The van der Waals surface area contributed by atoms with Gasteiger partial charge in [-0.1, -0.05) is 42.5 Å². The molecule has 1 saturated heterocycles. The summed E-state index contributed by atoms with van der Waals surface area (Å²) in [6, 6.07) is 18.7. The van der Waals surface area contributed by atoms with E-state index in [1.54, 1.807) is 13.8 Å². The van der Waals surface area contributed by atoms with E-state index in [1.807, 2.05) is 36.1 Å². The Labute approximate surface area is 206 Å². The molecule has 4 rings (SSSR count). The van der Waals surface area contributed by atoms with Crippen molar-refractivity contribution in [2.24, 2.45) is 0 Å². The highest BCUT2D eigenvalue weighted by molar-refractivity contribution is 5.84. The summed E-state index contributed by atoms with van der Waals surface area (Å²) in [7, 11) is 0. The van der Waals surface area contributed by atoms with E-state index >= 15 is 0 Å². The highest BCUT2D eigenvalue weighted by Crippen LogP contribution is 2.26. The first kappa shape index (κ1) is 24.6. The largest absolute Gasteiger partial charge is 0.478 e. The van der Waals surface area contributed by atoms with Gasteiger partial charge < -0.3 is 20.1 Å². The van der Waals surface area contributed by atoms with Gasteiger partial charge in [0.15, 0.2) is 5.60 Å². The number of carboxylic acid groups (broad SMARTS) is 1. The highest BCUT2D eigenvalue weighted by atomic mass is 16.5. The van der Waals surface area contributed by atoms with E-state index in [1.165, 1.54) is 27.5 Å². The number of rotatable bonds is 9. The van der Waals surface area contributed by atoms with Crippen molar-refractivity contribution >= 4 is 22.8 Å². The van der Waals surface area contributed by atoms with E-state index in [0.717, 1.165) is 24.8 Å². The first-order chi connectivity index (χ1) is 16.6. The van der Waals surface area contributed by atoms with Crippen molar-refractivity contribution in [3.8, 4) is 5.75 Å². The van der Waals surface area contributed by atoms with Gasteiger partial charge in [0, 0.05) is 19.1 Å². The molecule has 0 aliphatic carbocycles. The van der Waals surface area contributed by atoms with Crippen LogP contribution in [0.2, 0.25) is 0 Å². The number of benzene rings is 3. The number of fused-ring (bicyclic) bond motifs is 1. The van der Waals surface area contributed by atoms with Crippen LogP contribution in [0, 0.1) is 13.8 Å². The molecule has 2 N–H and O–H groups in total. The maximum Gasteiger partial charge on any atom is 0.347 e. The number of nitrogens with zero attached hydrogens (tertiary/aromatic N) is 1. The molecule has 1 fully saturated rings. The summed E-state index contributed by atoms with van der Waals surface area (Å²) in [5.41, 5.74) is 3.21. The minimum absolute atomic E-state index is 0.000880. The van der Waals surface area contributed by atoms with Crippen LogP contribution in [0.3, 0.4) is 0 Å². The molecule has 2 amide bonds. The molecule has 3 aromatic carbocycles.